The van der Waals surface area contributed by atoms with Crippen molar-refractivity contribution >= 4 is 21.4 Å². The molecule has 0 spiro atoms. The van der Waals surface area contributed by atoms with Gasteiger partial charge in [-0.1, -0.05) is 19.8 Å². The van der Waals surface area contributed by atoms with E-state index in [-0.39, 0.29) is 10.6 Å². The molecule has 140 valence electrons. The number of carbonyl (C=O) groups excluding carboxylic acids is 1. The largest absolute Gasteiger partial charge is 0.494 e. The second-order valence-electron chi connectivity index (χ2n) is 5.95. The summed E-state index contributed by atoms with van der Waals surface area (Å²) in [5.41, 5.74) is 0.132. The van der Waals surface area contributed by atoms with Gasteiger partial charge in [0.05, 0.1) is 17.2 Å². The zero-order chi connectivity index (χ0) is 19.2. The molecular weight excluding hydrogens is 357 g/mol. The Kier molecular flexibility index (Phi) is 6.74. The van der Waals surface area contributed by atoms with E-state index in [4.69, 9.17) is 4.74 Å². The average Bonchev–Trinajstić information content (AvgIpc) is 2.60. The topological polar surface area (TPSA) is 72.5 Å². The maximum Gasteiger partial charge on any atom is 0.255 e. The second kappa shape index (κ2) is 8.80. The van der Waals surface area contributed by atoms with Gasteiger partial charge in [0.15, 0.2) is 9.84 Å². The number of anilines is 1. The van der Waals surface area contributed by atoms with Gasteiger partial charge >= 0.3 is 0 Å². The molecule has 0 saturated carbocycles. The quantitative estimate of drug-likeness (QED) is 0.555. The molecule has 0 aromatic heterocycles. The van der Waals surface area contributed by atoms with Gasteiger partial charge in [0.2, 0.25) is 0 Å². The first kappa shape index (κ1) is 19.9. The molecule has 0 aliphatic heterocycles. The van der Waals surface area contributed by atoms with E-state index in [1.54, 1.807) is 24.3 Å². The summed E-state index contributed by atoms with van der Waals surface area (Å²) in [5, 5.41) is 2.40. The lowest BCUT2D eigenvalue weighted by Crippen LogP contribution is -2.13. The third kappa shape index (κ3) is 5.56. The van der Waals surface area contributed by atoms with Crippen LogP contribution in [0, 0.1) is 5.82 Å². The van der Waals surface area contributed by atoms with E-state index in [2.05, 4.69) is 12.2 Å². The minimum absolute atomic E-state index is 0.0648. The highest BCUT2D eigenvalue weighted by Gasteiger charge is 2.14. The van der Waals surface area contributed by atoms with Crippen molar-refractivity contribution in [2.75, 3.05) is 18.2 Å². The number of unbranched alkanes of at least 4 members (excludes halogenated alkanes) is 2. The SMILES string of the molecule is CCCCCOc1ccc(C(=O)Nc2cc(S(C)(=O)=O)ccc2F)cc1. The molecule has 0 aliphatic carbocycles. The monoisotopic (exact) mass is 379 g/mol. The fourth-order valence-corrected chi connectivity index (χ4v) is 2.92. The highest BCUT2D eigenvalue weighted by atomic mass is 32.2. The summed E-state index contributed by atoms with van der Waals surface area (Å²) in [6.45, 7) is 2.73. The summed E-state index contributed by atoms with van der Waals surface area (Å²) < 4.78 is 42.6. The van der Waals surface area contributed by atoms with Crippen LogP contribution in [0.1, 0.15) is 36.5 Å². The Hall–Kier alpha value is -2.41. The molecule has 2 aromatic carbocycles. The number of nitrogens with one attached hydrogen (secondary N) is 1. The van der Waals surface area contributed by atoms with Gasteiger partial charge < -0.3 is 10.1 Å². The first-order chi connectivity index (χ1) is 12.3. The molecule has 0 fully saturated rings. The fourth-order valence-electron chi connectivity index (χ4n) is 2.27. The second-order valence-corrected chi connectivity index (χ2v) is 7.96. The van der Waals surface area contributed by atoms with Crippen LogP contribution in [0.2, 0.25) is 0 Å². The van der Waals surface area contributed by atoms with E-state index < -0.39 is 21.6 Å². The lowest BCUT2D eigenvalue weighted by molar-refractivity contribution is 0.102. The first-order valence-electron chi connectivity index (χ1n) is 8.35. The molecule has 0 heterocycles. The number of hydrogen-bond acceptors (Lipinski definition) is 4. The molecule has 0 aliphatic rings. The number of hydrogen-bond donors (Lipinski definition) is 1. The van der Waals surface area contributed by atoms with Gasteiger partial charge in [0.25, 0.3) is 5.91 Å². The zero-order valence-corrected chi connectivity index (χ0v) is 15.6. The van der Waals surface area contributed by atoms with Crippen LogP contribution in [0.5, 0.6) is 5.75 Å². The summed E-state index contributed by atoms with van der Waals surface area (Å²) in [6, 6.07) is 9.76. The number of halogens is 1. The molecule has 1 N–H and O–H groups in total. The predicted molar refractivity (Wildman–Crippen MR) is 98.9 cm³/mol. The van der Waals surface area contributed by atoms with Crippen LogP contribution in [-0.2, 0) is 9.84 Å². The van der Waals surface area contributed by atoms with Crippen LogP contribution in [0.4, 0.5) is 10.1 Å². The van der Waals surface area contributed by atoms with Crippen LogP contribution < -0.4 is 10.1 Å². The predicted octanol–water partition coefficient (Wildman–Crippen LogP) is 4.05. The molecule has 2 rings (SSSR count). The number of rotatable bonds is 8. The van der Waals surface area contributed by atoms with Gasteiger partial charge in [0.1, 0.15) is 11.6 Å². The number of benzene rings is 2. The van der Waals surface area contributed by atoms with Gasteiger partial charge in [-0.3, -0.25) is 4.79 Å². The summed E-state index contributed by atoms with van der Waals surface area (Å²) >= 11 is 0. The zero-order valence-electron chi connectivity index (χ0n) is 14.8. The third-order valence-electron chi connectivity index (χ3n) is 3.75. The summed E-state index contributed by atoms with van der Waals surface area (Å²) in [7, 11) is -3.50. The minimum atomic E-state index is -3.50. The third-order valence-corrected chi connectivity index (χ3v) is 4.86. The van der Waals surface area contributed by atoms with Gasteiger partial charge in [-0.25, -0.2) is 12.8 Å². The van der Waals surface area contributed by atoms with E-state index in [1.807, 2.05) is 0 Å². The van der Waals surface area contributed by atoms with E-state index in [9.17, 15) is 17.6 Å². The summed E-state index contributed by atoms with van der Waals surface area (Å²) in [4.78, 5) is 12.2. The smallest absolute Gasteiger partial charge is 0.255 e. The molecular formula is C19H22FNO4S. The number of amides is 1. The van der Waals surface area contributed by atoms with Crippen LogP contribution >= 0.6 is 0 Å². The van der Waals surface area contributed by atoms with Crippen molar-refractivity contribution in [2.45, 2.75) is 31.1 Å². The molecule has 2 aromatic rings. The van der Waals surface area contributed by atoms with Crippen molar-refractivity contribution in [3.8, 4) is 5.75 Å². The van der Waals surface area contributed by atoms with Crippen LogP contribution in [0.15, 0.2) is 47.4 Å². The molecule has 5 nitrogen and oxygen atoms in total. The van der Waals surface area contributed by atoms with Crippen molar-refractivity contribution in [3.05, 3.63) is 53.8 Å². The van der Waals surface area contributed by atoms with E-state index in [0.717, 1.165) is 43.7 Å². The van der Waals surface area contributed by atoms with E-state index in [0.29, 0.717) is 17.9 Å². The Bertz CT molecular complexity index is 864. The fraction of sp³-hybridized carbons (Fsp3) is 0.316. The normalized spacial score (nSPS) is 11.2. The highest BCUT2D eigenvalue weighted by molar-refractivity contribution is 7.90. The number of carbonyl (C=O) groups is 1. The summed E-state index contributed by atoms with van der Waals surface area (Å²) in [5.74, 6) is -0.586. The molecule has 7 heteroatoms. The van der Waals surface area contributed by atoms with Crippen molar-refractivity contribution in [2.24, 2.45) is 0 Å². The van der Waals surface area contributed by atoms with Crippen molar-refractivity contribution in [1.82, 2.24) is 0 Å². The van der Waals surface area contributed by atoms with Gasteiger partial charge in [-0.2, -0.15) is 0 Å². The maximum absolute atomic E-state index is 13.9. The van der Waals surface area contributed by atoms with Crippen molar-refractivity contribution in [3.63, 3.8) is 0 Å². The van der Waals surface area contributed by atoms with E-state index in [1.165, 1.54) is 0 Å². The molecule has 0 atom stereocenters. The lowest BCUT2D eigenvalue weighted by Gasteiger charge is -2.09. The Labute approximate surface area is 153 Å². The number of ether oxygens (including phenoxy) is 1. The molecule has 1 amide bonds. The molecule has 0 unspecified atom stereocenters. The van der Waals surface area contributed by atoms with Gasteiger partial charge in [-0.15, -0.1) is 0 Å². The molecule has 0 radical (unpaired) electrons. The average molecular weight is 379 g/mol. The molecule has 26 heavy (non-hydrogen) atoms. The highest BCUT2D eigenvalue weighted by Crippen LogP contribution is 2.21. The lowest BCUT2D eigenvalue weighted by atomic mass is 10.2. The van der Waals surface area contributed by atoms with Crippen LogP contribution in [0.3, 0.4) is 0 Å². The first-order valence-corrected chi connectivity index (χ1v) is 10.2. The van der Waals surface area contributed by atoms with Crippen LogP contribution in [0.25, 0.3) is 0 Å². The van der Waals surface area contributed by atoms with Gasteiger partial charge in [-0.05, 0) is 48.9 Å². The summed E-state index contributed by atoms with van der Waals surface area (Å²) in [6.07, 6.45) is 4.19. The molecule has 0 bridgehead atoms. The van der Waals surface area contributed by atoms with Crippen molar-refractivity contribution < 1.29 is 22.3 Å². The van der Waals surface area contributed by atoms with E-state index >= 15 is 0 Å². The maximum atomic E-state index is 13.9. The Morgan fingerprint density at radius 3 is 2.42 bits per heavy atom. The minimum Gasteiger partial charge on any atom is -0.494 e. The Morgan fingerprint density at radius 2 is 1.81 bits per heavy atom. The van der Waals surface area contributed by atoms with Crippen molar-refractivity contribution in [1.29, 1.82) is 0 Å². The standard InChI is InChI=1S/C19H22FNO4S/c1-3-4-5-12-25-15-8-6-14(7-9-15)19(22)21-18-13-16(26(2,23)24)10-11-17(18)20/h6-11,13H,3-5,12H2,1-2H3,(H,21,22). The molecule has 0 saturated heterocycles. The Balaban J connectivity index is 2.06. The van der Waals surface area contributed by atoms with Gasteiger partial charge in [0, 0.05) is 11.8 Å². The van der Waals surface area contributed by atoms with Crippen LogP contribution in [-0.4, -0.2) is 27.2 Å². The number of sulfone groups is 1. The Morgan fingerprint density at radius 1 is 1.12 bits per heavy atom.